The van der Waals surface area contributed by atoms with Gasteiger partial charge in [-0.25, -0.2) is 4.98 Å². The van der Waals surface area contributed by atoms with Crippen molar-refractivity contribution in [2.75, 3.05) is 10.6 Å². The summed E-state index contributed by atoms with van der Waals surface area (Å²) < 4.78 is 0. The van der Waals surface area contributed by atoms with Gasteiger partial charge in [-0.2, -0.15) is 0 Å². The molecule has 0 atom stereocenters. The van der Waals surface area contributed by atoms with Crippen molar-refractivity contribution >= 4 is 23.3 Å². The SMILES string of the molecule is CC(=O)Nc1ccc(C(=O)Nc2ncccc2O)cc1. The minimum atomic E-state index is -0.395. The lowest BCUT2D eigenvalue weighted by Crippen LogP contribution is -2.13. The summed E-state index contributed by atoms with van der Waals surface area (Å²) in [5.74, 6) is -0.576. The highest BCUT2D eigenvalue weighted by atomic mass is 16.3. The smallest absolute Gasteiger partial charge is 0.256 e. The van der Waals surface area contributed by atoms with E-state index >= 15 is 0 Å². The Labute approximate surface area is 115 Å². The summed E-state index contributed by atoms with van der Waals surface area (Å²) >= 11 is 0. The molecule has 6 heteroatoms. The lowest BCUT2D eigenvalue weighted by molar-refractivity contribution is -0.114. The van der Waals surface area contributed by atoms with Gasteiger partial charge in [0.1, 0.15) is 0 Å². The van der Waals surface area contributed by atoms with Gasteiger partial charge < -0.3 is 15.7 Å². The zero-order valence-corrected chi connectivity index (χ0v) is 10.8. The predicted octanol–water partition coefficient (Wildman–Crippen LogP) is 2.00. The molecule has 0 aliphatic heterocycles. The monoisotopic (exact) mass is 271 g/mol. The van der Waals surface area contributed by atoms with Crippen molar-refractivity contribution in [1.82, 2.24) is 4.98 Å². The lowest BCUT2D eigenvalue weighted by Gasteiger charge is -2.07. The normalized spacial score (nSPS) is 9.85. The number of pyridine rings is 1. The third-order valence-electron chi connectivity index (χ3n) is 2.49. The molecular weight excluding hydrogens is 258 g/mol. The number of nitrogens with one attached hydrogen (secondary N) is 2. The van der Waals surface area contributed by atoms with Crippen LogP contribution in [0.1, 0.15) is 17.3 Å². The molecule has 0 radical (unpaired) electrons. The second kappa shape index (κ2) is 5.83. The minimum Gasteiger partial charge on any atom is -0.504 e. The van der Waals surface area contributed by atoms with E-state index in [0.29, 0.717) is 11.3 Å². The fourth-order valence-corrected chi connectivity index (χ4v) is 1.58. The molecule has 0 aliphatic carbocycles. The number of aromatic nitrogens is 1. The molecule has 0 spiro atoms. The molecule has 0 fully saturated rings. The average molecular weight is 271 g/mol. The van der Waals surface area contributed by atoms with Gasteiger partial charge in [-0.1, -0.05) is 0 Å². The van der Waals surface area contributed by atoms with Crippen molar-refractivity contribution in [3.8, 4) is 5.75 Å². The van der Waals surface area contributed by atoms with Crippen LogP contribution in [0.3, 0.4) is 0 Å². The van der Waals surface area contributed by atoms with Gasteiger partial charge in [0.15, 0.2) is 11.6 Å². The number of rotatable bonds is 3. The number of amides is 2. The van der Waals surface area contributed by atoms with Crippen molar-refractivity contribution in [2.45, 2.75) is 6.92 Å². The number of hydrogen-bond acceptors (Lipinski definition) is 4. The summed E-state index contributed by atoms with van der Waals surface area (Å²) in [5, 5.41) is 14.6. The van der Waals surface area contributed by atoms with Gasteiger partial charge >= 0.3 is 0 Å². The quantitative estimate of drug-likeness (QED) is 0.796. The van der Waals surface area contributed by atoms with Crippen LogP contribution in [0.25, 0.3) is 0 Å². The van der Waals surface area contributed by atoms with Gasteiger partial charge in [0.25, 0.3) is 5.91 Å². The van der Waals surface area contributed by atoms with Gasteiger partial charge in [0.2, 0.25) is 5.91 Å². The molecule has 6 nitrogen and oxygen atoms in total. The molecular formula is C14H13N3O3. The van der Waals surface area contributed by atoms with Gasteiger partial charge in [-0.3, -0.25) is 9.59 Å². The molecule has 3 N–H and O–H groups in total. The zero-order valence-electron chi connectivity index (χ0n) is 10.8. The summed E-state index contributed by atoms with van der Waals surface area (Å²) in [6.45, 7) is 1.41. The number of nitrogens with zero attached hydrogens (tertiary/aromatic N) is 1. The minimum absolute atomic E-state index is 0.100. The maximum Gasteiger partial charge on any atom is 0.256 e. The molecule has 1 aromatic carbocycles. The van der Waals surface area contributed by atoms with Crippen LogP contribution >= 0.6 is 0 Å². The van der Waals surface area contributed by atoms with E-state index in [0.717, 1.165) is 0 Å². The lowest BCUT2D eigenvalue weighted by atomic mass is 10.2. The molecule has 0 aliphatic rings. The molecule has 1 aromatic heterocycles. The van der Waals surface area contributed by atoms with E-state index in [2.05, 4.69) is 15.6 Å². The number of benzene rings is 1. The second-order valence-electron chi connectivity index (χ2n) is 4.08. The van der Waals surface area contributed by atoms with E-state index in [-0.39, 0.29) is 17.5 Å². The zero-order chi connectivity index (χ0) is 14.5. The first-order valence-corrected chi connectivity index (χ1v) is 5.89. The largest absolute Gasteiger partial charge is 0.504 e. The second-order valence-corrected chi connectivity index (χ2v) is 4.08. The summed E-state index contributed by atoms with van der Waals surface area (Å²) in [6, 6.07) is 9.38. The van der Waals surface area contributed by atoms with Crippen LogP contribution in [0.5, 0.6) is 5.75 Å². The highest BCUT2D eigenvalue weighted by Crippen LogP contribution is 2.19. The van der Waals surface area contributed by atoms with Gasteiger partial charge in [-0.05, 0) is 36.4 Å². The Morgan fingerprint density at radius 3 is 2.40 bits per heavy atom. The highest BCUT2D eigenvalue weighted by molar-refractivity contribution is 6.04. The van der Waals surface area contributed by atoms with Crippen LogP contribution in [0.15, 0.2) is 42.6 Å². The highest BCUT2D eigenvalue weighted by Gasteiger charge is 2.09. The molecule has 2 amide bonds. The number of carbonyl (C=O) groups excluding carboxylic acids is 2. The Hall–Kier alpha value is -2.89. The van der Waals surface area contributed by atoms with E-state index in [1.807, 2.05) is 0 Å². The van der Waals surface area contributed by atoms with Crippen LogP contribution in [0, 0.1) is 0 Å². The summed E-state index contributed by atoms with van der Waals surface area (Å²) in [7, 11) is 0. The first-order valence-electron chi connectivity index (χ1n) is 5.89. The first-order chi connectivity index (χ1) is 9.56. The van der Waals surface area contributed by atoms with E-state index in [9.17, 15) is 14.7 Å². The van der Waals surface area contributed by atoms with Crippen molar-refractivity contribution in [1.29, 1.82) is 0 Å². The van der Waals surface area contributed by atoms with Gasteiger partial charge in [0.05, 0.1) is 0 Å². The molecule has 2 rings (SSSR count). The molecule has 0 saturated carbocycles. The van der Waals surface area contributed by atoms with Crippen LogP contribution in [-0.2, 0) is 4.79 Å². The summed E-state index contributed by atoms with van der Waals surface area (Å²) in [5.41, 5.74) is 0.999. The fraction of sp³-hybridized carbons (Fsp3) is 0.0714. The predicted molar refractivity (Wildman–Crippen MR) is 74.6 cm³/mol. The maximum absolute atomic E-state index is 12.0. The topological polar surface area (TPSA) is 91.3 Å². The molecule has 2 aromatic rings. The van der Waals surface area contributed by atoms with Crippen molar-refractivity contribution in [3.05, 3.63) is 48.2 Å². The molecule has 102 valence electrons. The van der Waals surface area contributed by atoms with Gasteiger partial charge in [-0.15, -0.1) is 0 Å². The Morgan fingerprint density at radius 2 is 1.80 bits per heavy atom. The van der Waals surface area contributed by atoms with E-state index in [1.165, 1.54) is 19.2 Å². The standard InChI is InChI=1S/C14H13N3O3/c1-9(18)16-11-6-4-10(5-7-11)14(20)17-13-12(19)3-2-8-15-13/h2-8,19H,1H3,(H,16,18)(H,15,17,20). The molecule has 0 unspecified atom stereocenters. The van der Waals surface area contributed by atoms with Crippen molar-refractivity contribution < 1.29 is 14.7 Å². The van der Waals surface area contributed by atoms with E-state index in [4.69, 9.17) is 0 Å². The van der Waals surface area contributed by atoms with Crippen molar-refractivity contribution in [2.24, 2.45) is 0 Å². The number of aromatic hydroxyl groups is 1. The average Bonchev–Trinajstić information content (AvgIpc) is 2.41. The molecule has 0 bridgehead atoms. The Bertz CT molecular complexity index is 638. The molecule has 1 heterocycles. The van der Waals surface area contributed by atoms with Crippen LogP contribution in [0.4, 0.5) is 11.5 Å². The fourth-order valence-electron chi connectivity index (χ4n) is 1.58. The number of carbonyl (C=O) groups is 2. The van der Waals surface area contributed by atoms with Gasteiger partial charge in [0, 0.05) is 24.4 Å². The first kappa shape index (κ1) is 13.5. The third kappa shape index (κ3) is 3.32. The van der Waals surface area contributed by atoms with Crippen LogP contribution in [0.2, 0.25) is 0 Å². The Morgan fingerprint density at radius 1 is 1.10 bits per heavy atom. The van der Waals surface area contributed by atoms with Crippen LogP contribution in [-0.4, -0.2) is 21.9 Å². The number of hydrogen-bond donors (Lipinski definition) is 3. The molecule has 0 saturated heterocycles. The summed E-state index contributed by atoms with van der Waals surface area (Å²) in [4.78, 5) is 26.7. The van der Waals surface area contributed by atoms with E-state index in [1.54, 1.807) is 30.3 Å². The summed E-state index contributed by atoms with van der Waals surface area (Å²) in [6.07, 6.45) is 1.47. The Balaban J connectivity index is 2.10. The Kier molecular flexibility index (Phi) is 3.95. The molecule has 20 heavy (non-hydrogen) atoms. The number of anilines is 2. The maximum atomic E-state index is 12.0. The van der Waals surface area contributed by atoms with Crippen LogP contribution < -0.4 is 10.6 Å². The van der Waals surface area contributed by atoms with E-state index < -0.39 is 5.91 Å². The third-order valence-corrected chi connectivity index (χ3v) is 2.49. The van der Waals surface area contributed by atoms with Crippen molar-refractivity contribution in [3.63, 3.8) is 0 Å².